The van der Waals surface area contributed by atoms with Crippen LogP contribution in [-0.4, -0.2) is 26.0 Å². The third kappa shape index (κ3) is 3.91. The van der Waals surface area contributed by atoms with Crippen molar-refractivity contribution in [3.8, 4) is 11.5 Å². The van der Waals surface area contributed by atoms with Crippen LogP contribution in [0.15, 0.2) is 46.7 Å². The lowest BCUT2D eigenvalue weighted by Crippen LogP contribution is -2.31. The zero-order valence-electron chi connectivity index (χ0n) is 12.7. The van der Waals surface area contributed by atoms with Crippen LogP contribution in [0.3, 0.4) is 0 Å². The molecule has 1 heterocycles. The Kier molecular flexibility index (Phi) is 5.03. The van der Waals surface area contributed by atoms with Gasteiger partial charge in [-0.15, -0.1) is 0 Å². The highest BCUT2D eigenvalue weighted by atomic mass is 16.5. The molecule has 1 aromatic heterocycles. The first kappa shape index (κ1) is 16.2. The molecule has 2 amide bonds. The first-order valence-corrected chi connectivity index (χ1v) is 6.63. The predicted molar refractivity (Wildman–Crippen MR) is 82.9 cm³/mol. The number of ether oxygens (including phenoxy) is 2. The number of hydrogen-bond donors (Lipinski definition) is 2. The molecule has 0 radical (unpaired) electrons. The predicted octanol–water partition coefficient (Wildman–Crippen LogP) is 1.55. The second kappa shape index (κ2) is 7.17. The van der Waals surface area contributed by atoms with Gasteiger partial charge in [-0.1, -0.05) is 0 Å². The fourth-order valence-corrected chi connectivity index (χ4v) is 1.86. The Morgan fingerprint density at radius 1 is 1.17 bits per heavy atom. The minimum absolute atomic E-state index is 0.0836. The van der Waals surface area contributed by atoms with Gasteiger partial charge in [0, 0.05) is 11.6 Å². The van der Waals surface area contributed by atoms with E-state index >= 15 is 0 Å². The molecule has 3 N–H and O–H groups in total. The molecule has 0 unspecified atom stereocenters. The summed E-state index contributed by atoms with van der Waals surface area (Å²) in [7, 11) is 2.96. The summed E-state index contributed by atoms with van der Waals surface area (Å²) in [5.74, 6) is -0.00899. The van der Waals surface area contributed by atoms with Crippen molar-refractivity contribution in [2.45, 2.75) is 0 Å². The molecule has 0 saturated carbocycles. The first-order valence-electron chi connectivity index (χ1n) is 6.63. The molecule has 7 heteroatoms. The second-order valence-corrected chi connectivity index (χ2v) is 4.46. The van der Waals surface area contributed by atoms with E-state index in [1.54, 1.807) is 24.3 Å². The molecule has 0 aliphatic carbocycles. The average Bonchev–Trinajstić information content (AvgIpc) is 3.06. The standard InChI is InChI=1S/C16H16N2O5/c1-21-13-6-5-10(8-14(13)22-2)16(20)18-12(15(17)19)9-11-4-3-7-23-11/h3-9H,1-2H3,(H2,17,19)(H,18,20)/b12-9-. The highest BCUT2D eigenvalue weighted by Crippen LogP contribution is 2.27. The highest BCUT2D eigenvalue weighted by Gasteiger charge is 2.15. The van der Waals surface area contributed by atoms with E-state index in [1.807, 2.05) is 0 Å². The molecule has 2 rings (SSSR count). The lowest BCUT2D eigenvalue weighted by Gasteiger charge is -2.10. The van der Waals surface area contributed by atoms with Crippen molar-refractivity contribution in [3.05, 3.63) is 53.6 Å². The van der Waals surface area contributed by atoms with Gasteiger partial charge in [-0.05, 0) is 30.3 Å². The fourth-order valence-electron chi connectivity index (χ4n) is 1.86. The topological polar surface area (TPSA) is 104 Å². The van der Waals surface area contributed by atoms with Crippen LogP contribution in [0.4, 0.5) is 0 Å². The van der Waals surface area contributed by atoms with Crippen LogP contribution < -0.4 is 20.5 Å². The van der Waals surface area contributed by atoms with Crippen LogP contribution in [-0.2, 0) is 4.79 Å². The zero-order chi connectivity index (χ0) is 16.8. The molecule has 0 aliphatic heterocycles. The van der Waals surface area contributed by atoms with Crippen molar-refractivity contribution < 1.29 is 23.5 Å². The van der Waals surface area contributed by atoms with Gasteiger partial charge in [-0.3, -0.25) is 9.59 Å². The van der Waals surface area contributed by atoms with E-state index in [4.69, 9.17) is 19.6 Å². The summed E-state index contributed by atoms with van der Waals surface area (Å²) in [5, 5.41) is 2.45. The summed E-state index contributed by atoms with van der Waals surface area (Å²) in [6.07, 6.45) is 2.79. The van der Waals surface area contributed by atoms with Crippen LogP contribution in [0.25, 0.3) is 6.08 Å². The van der Waals surface area contributed by atoms with Gasteiger partial charge < -0.3 is 24.9 Å². The van der Waals surface area contributed by atoms with Crippen LogP contribution in [0.1, 0.15) is 16.1 Å². The lowest BCUT2D eigenvalue weighted by molar-refractivity contribution is -0.114. The molecule has 7 nitrogen and oxygen atoms in total. The number of nitrogens with two attached hydrogens (primary N) is 1. The fraction of sp³-hybridized carbons (Fsp3) is 0.125. The summed E-state index contributed by atoms with van der Waals surface area (Å²) >= 11 is 0. The molecular formula is C16H16N2O5. The molecule has 120 valence electrons. The lowest BCUT2D eigenvalue weighted by atomic mass is 10.1. The molecule has 1 aromatic carbocycles. The smallest absolute Gasteiger partial charge is 0.265 e. The number of carbonyl (C=O) groups is 2. The number of rotatable bonds is 6. The molecule has 0 atom stereocenters. The zero-order valence-corrected chi connectivity index (χ0v) is 12.7. The Morgan fingerprint density at radius 3 is 2.48 bits per heavy atom. The number of methoxy groups -OCH3 is 2. The molecule has 0 spiro atoms. The Balaban J connectivity index is 2.24. The number of furan rings is 1. The molecule has 0 saturated heterocycles. The van der Waals surface area contributed by atoms with Gasteiger partial charge in [-0.25, -0.2) is 0 Å². The summed E-state index contributed by atoms with van der Waals surface area (Å²) < 4.78 is 15.3. The van der Waals surface area contributed by atoms with E-state index in [0.29, 0.717) is 17.3 Å². The maximum atomic E-state index is 12.3. The molecule has 23 heavy (non-hydrogen) atoms. The number of carbonyl (C=O) groups excluding carboxylic acids is 2. The normalized spacial score (nSPS) is 11.0. The number of hydrogen-bond acceptors (Lipinski definition) is 5. The maximum absolute atomic E-state index is 12.3. The number of nitrogens with one attached hydrogen (secondary N) is 1. The van der Waals surface area contributed by atoms with Gasteiger partial charge in [0.1, 0.15) is 11.5 Å². The minimum atomic E-state index is -0.782. The van der Waals surface area contributed by atoms with Gasteiger partial charge in [0.05, 0.1) is 20.5 Å². The quantitative estimate of drug-likeness (QED) is 0.787. The van der Waals surface area contributed by atoms with E-state index in [0.717, 1.165) is 0 Å². The van der Waals surface area contributed by atoms with E-state index in [9.17, 15) is 9.59 Å². The number of primary amides is 1. The third-order valence-corrected chi connectivity index (χ3v) is 2.99. The Labute approximate surface area is 132 Å². The molecule has 0 fully saturated rings. The van der Waals surface area contributed by atoms with Crippen molar-refractivity contribution in [1.82, 2.24) is 5.32 Å². The molecule has 2 aromatic rings. The molecule has 0 bridgehead atoms. The van der Waals surface area contributed by atoms with Crippen LogP contribution in [0.5, 0.6) is 11.5 Å². The van der Waals surface area contributed by atoms with E-state index in [1.165, 1.54) is 32.6 Å². The van der Waals surface area contributed by atoms with Crippen molar-refractivity contribution in [3.63, 3.8) is 0 Å². The van der Waals surface area contributed by atoms with Crippen LogP contribution in [0, 0.1) is 0 Å². The van der Waals surface area contributed by atoms with Crippen molar-refractivity contribution in [2.75, 3.05) is 14.2 Å². The molecular weight excluding hydrogens is 300 g/mol. The van der Waals surface area contributed by atoms with Gasteiger partial charge >= 0.3 is 0 Å². The van der Waals surface area contributed by atoms with Crippen LogP contribution in [0.2, 0.25) is 0 Å². The third-order valence-electron chi connectivity index (χ3n) is 2.99. The summed E-state index contributed by atoms with van der Waals surface area (Å²) in [4.78, 5) is 23.7. The van der Waals surface area contributed by atoms with E-state index in [-0.39, 0.29) is 11.3 Å². The second-order valence-electron chi connectivity index (χ2n) is 4.46. The molecule has 0 aliphatic rings. The number of amides is 2. The van der Waals surface area contributed by atoms with Crippen molar-refractivity contribution in [1.29, 1.82) is 0 Å². The maximum Gasteiger partial charge on any atom is 0.265 e. The SMILES string of the molecule is COc1ccc(C(=O)N/C(=C\c2ccco2)C(N)=O)cc1OC. The first-order chi connectivity index (χ1) is 11.0. The summed E-state index contributed by atoms with van der Waals surface area (Å²) in [6.45, 7) is 0. The highest BCUT2D eigenvalue weighted by molar-refractivity contribution is 6.04. The summed E-state index contributed by atoms with van der Waals surface area (Å²) in [5.41, 5.74) is 5.48. The monoisotopic (exact) mass is 316 g/mol. The van der Waals surface area contributed by atoms with E-state index < -0.39 is 11.8 Å². The average molecular weight is 316 g/mol. The number of benzene rings is 1. The van der Waals surface area contributed by atoms with Crippen molar-refractivity contribution in [2.24, 2.45) is 5.73 Å². The van der Waals surface area contributed by atoms with Gasteiger partial charge in [0.25, 0.3) is 11.8 Å². The Hall–Kier alpha value is -3.22. The Bertz CT molecular complexity index is 735. The largest absolute Gasteiger partial charge is 0.493 e. The van der Waals surface area contributed by atoms with Gasteiger partial charge in [0.15, 0.2) is 11.5 Å². The van der Waals surface area contributed by atoms with Crippen molar-refractivity contribution >= 4 is 17.9 Å². The van der Waals surface area contributed by atoms with Crippen LogP contribution >= 0.6 is 0 Å². The summed E-state index contributed by atoms with van der Waals surface area (Å²) in [6, 6.07) is 7.92. The van der Waals surface area contributed by atoms with E-state index in [2.05, 4.69) is 5.32 Å². The minimum Gasteiger partial charge on any atom is -0.493 e. The van der Waals surface area contributed by atoms with Gasteiger partial charge in [-0.2, -0.15) is 0 Å². The van der Waals surface area contributed by atoms with Gasteiger partial charge in [0.2, 0.25) is 0 Å². The Morgan fingerprint density at radius 2 is 1.91 bits per heavy atom.